The van der Waals surface area contributed by atoms with Crippen LogP contribution in [0.15, 0.2) is 18.3 Å². The summed E-state index contributed by atoms with van der Waals surface area (Å²) in [6.07, 6.45) is -3.12. The van der Waals surface area contributed by atoms with Crippen LogP contribution in [-0.2, 0) is 6.42 Å². The van der Waals surface area contributed by atoms with Crippen LogP contribution in [0.3, 0.4) is 0 Å². The molecule has 0 saturated heterocycles. The fourth-order valence-electron chi connectivity index (χ4n) is 1.23. The first-order valence-corrected chi connectivity index (χ1v) is 5.27. The summed E-state index contributed by atoms with van der Waals surface area (Å²) in [5, 5.41) is 0. The number of hydrogen-bond donors (Lipinski definition) is 1. The van der Waals surface area contributed by atoms with Gasteiger partial charge in [-0.2, -0.15) is 13.2 Å². The minimum Gasteiger partial charge on any atom is -0.492 e. The van der Waals surface area contributed by atoms with E-state index in [-0.39, 0.29) is 6.04 Å². The number of aromatic nitrogens is 1. The van der Waals surface area contributed by atoms with Gasteiger partial charge in [-0.1, -0.05) is 0 Å². The Morgan fingerprint density at radius 1 is 1.41 bits per heavy atom. The molecule has 1 aromatic rings. The minimum absolute atomic E-state index is 0.000465. The zero-order chi connectivity index (χ0) is 12.9. The van der Waals surface area contributed by atoms with Gasteiger partial charge in [-0.3, -0.25) is 4.98 Å². The lowest BCUT2D eigenvalue weighted by Gasteiger charge is -2.09. The van der Waals surface area contributed by atoms with Gasteiger partial charge in [0.1, 0.15) is 5.75 Å². The molecule has 0 aliphatic carbocycles. The molecule has 0 aliphatic heterocycles. The van der Waals surface area contributed by atoms with Crippen LogP contribution in [0.5, 0.6) is 5.75 Å². The van der Waals surface area contributed by atoms with Crippen molar-refractivity contribution >= 4 is 0 Å². The van der Waals surface area contributed by atoms with Gasteiger partial charge < -0.3 is 10.5 Å². The Kier molecular flexibility index (Phi) is 4.74. The average molecular weight is 248 g/mol. The van der Waals surface area contributed by atoms with Crippen molar-refractivity contribution < 1.29 is 17.9 Å². The molecule has 0 radical (unpaired) electrons. The quantitative estimate of drug-likeness (QED) is 0.869. The second-order valence-corrected chi connectivity index (χ2v) is 3.88. The maximum atomic E-state index is 11.9. The van der Waals surface area contributed by atoms with E-state index < -0.39 is 19.2 Å². The van der Waals surface area contributed by atoms with Gasteiger partial charge in [0.25, 0.3) is 0 Å². The molecule has 1 unspecified atom stereocenters. The number of halogens is 3. The number of hydrogen-bond acceptors (Lipinski definition) is 3. The van der Waals surface area contributed by atoms with Gasteiger partial charge >= 0.3 is 6.18 Å². The molecule has 1 atom stereocenters. The maximum absolute atomic E-state index is 11.9. The lowest BCUT2D eigenvalue weighted by Crippen LogP contribution is -2.18. The second-order valence-electron chi connectivity index (χ2n) is 3.88. The van der Waals surface area contributed by atoms with E-state index in [0.29, 0.717) is 12.2 Å². The smallest absolute Gasteiger partial charge is 0.392 e. The summed E-state index contributed by atoms with van der Waals surface area (Å²) in [6.45, 7) is 1.47. The molecule has 0 bridgehead atoms. The van der Waals surface area contributed by atoms with E-state index in [2.05, 4.69) is 4.98 Å². The van der Waals surface area contributed by atoms with Crippen molar-refractivity contribution in [1.29, 1.82) is 0 Å². The number of pyridine rings is 1. The topological polar surface area (TPSA) is 48.1 Å². The molecule has 2 N–H and O–H groups in total. The van der Waals surface area contributed by atoms with Gasteiger partial charge in [-0.05, 0) is 19.1 Å². The first kappa shape index (κ1) is 13.8. The van der Waals surface area contributed by atoms with Crippen LogP contribution in [0, 0.1) is 0 Å². The van der Waals surface area contributed by atoms with Crippen molar-refractivity contribution in [2.45, 2.75) is 32.0 Å². The lowest BCUT2D eigenvalue weighted by atomic mass is 10.2. The van der Waals surface area contributed by atoms with Crippen LogP contribution in [0.2, 0.25) is 0 Å². The van der Waals surface area contributed by atoms with E-state index in [0.717, 1.165) is 5.69 Å². The van der Waals surface area contributed by atoms with E-state index in [4.69, 9.17) is 10.5 Å². The normalized spacial score (nSPS) is 13.5. The summed E-state index contributed by atoms with van der Waals surface area (Å²) in [7, 11) is 0. The Balaban J connectivity index is 2.40. The molecule has 3 nitrogen and oxygen atoms in total. The van der Waals surface area contributed by atoms with Crippen molar-refractivity contribution in [3.63, 3.8) is 0 Å². The van der Waals surface area contributed by atoms with Crippen molar-refractivity contribution in [2.75, 3.05) is 6.61 Å². The molecule has 1 rings (SSSR count). The van der Waals surface area contributed by atoms with Crippen LogP contribution in [-0.4, -0.2) is 23.8 Å². The minimum atomic E-state index is -4.19. The summed E-state index contributed by atoms with van der Waals surface area (Å²) in [5.74, 6) is 0.336. The summed E-state index contributed by atoms with van der Waals surface area (Å²) >= 11 is 0. The molecule has 0 spiro atoms. The molecule has 0 saturated carbocycles. The first-order chi connectivity index (χ1) is 7.87. The molecule has 0 fully saturated rings. The molecule has 1 heterocycles. The number of nitrogens with two attached hydrogens (primary N) is 1. The van der Waals surface area contributed by atoms with Crippen molar-refractivity contribution in [3.8, 4) is 5.75 Å². The van der Waals surface area contributed by atoms with Gasteiger partial charge in [0, 0.05) is 18.2 Å². The summed E-state index contributed by atoms with van der Waals surface area (Å²) in [5.41, 5.74) is 6.39. The highest BCUT2D eigenvalue weighted by Crippen LogP contribution is 2.20. The van der Waals surface area contributed by atoms with Crippen LogP contribution in [0.4, 0.5) is 13.2 Å². The zero-order valence-corrected chi connectivity index (χ0v) is 9.50. The third-order valence-electron chi connectivity index (χ3n) is 1.98. The molecule has 96 valence electrons. The average Bonchev–Trinajstić information content (AvgIpc) is 2.18. The van der Waals surface area contributed by atoms with Gasteiger partial charge in [0.2, 0.25) is 0 Å². The predicted molar refractivity (Wildman–Crippen MR) is 57.8 cm³/mol. The highest BCUT2D eigenvalue weighted by molar-refractivity contribution is 5.20. The van der Waals surface area contributed by atoms with Gasteiger partial charge in [0.15, 0.2) is 0 Å². The largest absolute Gasteiger partial charge is 0.492 e. The van der Waals surface area contributed by atoms with Crippen molar-refractivity contribution in [1.82, 2.24) is 4.98 Å². The predicted octanol–water partition coefficient (Wildman–Crippen LogP) is 2.30. The van der Waals surface area contributed by atoms with Crippen molar-refractivity contribution in [3.05, 3.63) is 24.0 Å². The fourth-order valence-corrected chi connectivity index (χ4v) is 1.23. The number of rotatable bonds is 5. The van der Waals surface area contributed by atoms with E-state index >= 15 is 0 Å². The second kappa shape index (κ2) is 5.86. The molecule has 0 aliphatic rings. The Labute approximate surface area is 97.8 Å². The standard InChI is InChI=1S/C11H15F3N2O/c1-8(15)6-9-2-3-10(7-16-9)17-5-4-11(12,13)14/h2-3,7-8H,4-6,15H2,1H3. The molecular weight excluding hydrogens is 233 g/mol. The fraction of sp³-hybridized carbons (Fsp3) is 0.545. The van der Waals surface area contributed by atoms with Gasteiger partial charge in [-0.25, -0.2) is 0 Å². The third kappa shape index (κ3) is 6.11. The van der Waals surface area contributed by atoms with Gasteiger partial charge in [0.05, 0.1) is 19.2 Å². The molecule has 0 aromatic carbocycles. The summed E-state index contributed by atoms with van der Waals surface area (Å²) < 4.78 is 40.5. The number of nitrogens with zero attached hydrogens (tertiary/aromatic N) is 1. The molecule has 0 amide bonds. The summed E-state index contributed by atoms with van der Waals surface area (Å²) in [4.78, 5) is 4.05. The Hall–Kier alpha value is -1.30. The van der Waals surface area contributed by atoms with E-state index in [1.54, 1.807) is 12.1 Å². The highest BCUT2D eigenvalue weighted by atomic mass is 19.4. The van der Waals surface area contributed by atoms with E-state index in [1.165, 1.54) is 6.20 Å². The summed E-state index contributed by atoms with van der Waals surface area (Å²) in [6, 6.07) is 3.30. The van der Waals surface area contributed by atoms with E-state index in [9.17, 15) is 13.2 Å². The Morgan fingerprint density at radius 2 is 2.12 bits per heavy atom. The van der Waals surface area contributed by atoms with Crippen LogP contribution < -0.4 is 10.5 Å². The number of ether oxygens (including phenoxy) is 1. The molecular formula is C11H15F3N2O. The number of alkyl halides is 3. The van der Waals surface area contributed by atoms with Crippen LogP contribution in [0.1, 0.15) is 19.0 Å². The van der Waals surface area contributed by atoms with Crippen LogP contribution >= 0.6 is 0 Å². The molecule has 17 heavy (non-hydrogen) atoms. The maximum Gasteiger partial charge on any atom is 0.392 e. The van der Waals surface area contributed by atoms with Crippen molar-refractivity contribution in [2.24, 2.45) is 5.73 Å². The third-order valence-corrected chi connectivity index (χ3v) is 1.98. The Morgan fingerprint density at radius 3 is 2.59 bits per heavy atom. The Bertz CT molecular complexity index is 336. The monoisotopic (exact) mass is 248 g/mol. The molecule has 6 heteroatoms. The SMILES string of the molecule is CC(N)Cc1ccc(OCCC(F)(F)F)cn1. The zero-order valence-electron chi connectivity index (χ0n) is 9.50. The van der Waals surface area contributed by atoms with E-state index in [1.807, 2.05) is 6.92 Å². The molecule has 1 aromatic heterocycles. The van der Waals surface area contributed by atoms with Gasteiger partial charge in [-0.15, -0.1) is 0 Å². The first-order valence-electron chi connectivity index (χ1n) is 5.27. The highest BCUT2D eigenvalue weighted by Gasteiger charge is 2.26. The lowest BCUT2D eigenvalue weighted by molar-refractivity contribution is -0.139. The van der Waals surface area contributed by atoms with Crippen LogP contribution in [0.25, 0.3) is 0 Å².